The molecule has 36 heavy (non-hydrogen) atoms. The molecule has 0 radical (unpaired) electrons. The fourth-order valence-electron chi connectivity index (χ4n) is 4.46. The normalized spacial score (nSPS) is 16.1. The average molecular weight is 527 g/mol. The van der Waals surface area contributed by atoms with Gasteiger partial charge in [0, 0.05) is 24.6 Å². The number of thiophene rings is 1. The number of fused-ring (bicyclic) bond motifs is 1. The van der Waals surface area contributed by atoms with E-state index < -0.39 is 0 Å². The molecule has 2 aromatic heterocycles. The molecule has 0 bridgehead atoms. The van der Waals surface area contributed by atoms with Crippen LogP contribution >= 0.6 is 23.1 Å². The van der Waals surface area contributed by atoms with E-state index in [-0.39, 0.29) is 34.8 Å². The van der Waals surface area contributed by atoms with Crippen molar-refractivity contribution < 1.29 is 14.3 Å². The van der Waals surface area contributed by atoms with Crippen LogP contribution in [0, 0.1) is 13.8 Å². The summed E-state index contributed by atoms with van der Waals surface area (Å²) in [5.74, 6) is 0.625. The number of ether oxygens (including phenoxy) is 1. The maximum atomic E-state index is 13.6. The molecule has 1 atom stereocenters. The standard InChI is InChI=1S/C27H34N4O3S2/c1-17-7-8-20(18(2)13-17)31-26-23(25(29-31)27(3,4)5)24(19-9-12-35-15-19)36-16-22(33)30(26)14-21(32)28-10-11-34-6/h7-9,12-13,15,24H,10-11,14,16H2,1-6H3,(H,28,32). The fraction of sp³-hybridized carbons (Fsp3) is 0.444. The minimum atomic E-state index is -0.275. The highest BCUT2D eigenvalue weighted by molar-refractivity contribution is 8.00. The monoisotopic (exact) mass is 526 g/mol. The molecule has 1 aliphatic heterocycles. The van der Waals surface area contributed by atoms with E-state index in [0.717, 1.165) is 33.6 Å². The molecule has 9 heteroatoms. The van der Waals surface area contributed by atoms with Crippen LogP contribution in [0.15, 0.2) is 35.0 Å². The number of carbonyl (C=O) groups is 2. The Labute approximate surface area is 221 Å². The number of hydrogen-bond acceptors (Lipinski definition) is 6. The summed E-state index contributed by atoms with van der Waals surface area (Å²) < 4.78 is 6.95. The van der Waals surface area contributed by atoms with Gasteiger partial charge in [-0.15, -0.1) is 11.8 Å². The van der Waals surface area contributed by atoms with Crippen molar-refractivity contribution in [1.29, 1.82) is 0 Å². The predicted octanol–water partition coefficient (Wildman–Crippen LogP) is 4.78. The van der Waals surface area contributed by atoms with E-state index in [4.69, 9.17) is 9.84 Å². The first kappa shape index (κ1) is 26.4. The highest BCUT2D eigenvalue weighted by Crippen LogP contribution is 2.48. The van der Waals surface area contributed by atoms with Gasteiger partial charge in [-0.25, -0.2) is 4.68 Å². The molecule has 7 nitrogen and oxygen atoms in total. The second kappa shape index (κ2) is 10.8. The molecule has 0 aliphatic carbocycles. The van der Waals surface area contributed by atoms with Crippen molar-refractivity contribution in [1.82, 2.24) is 15.1 Å². The lowest BCUT2D eigenvalue weighted by atomic mass is 9.87. The summed E-state index contributed by atoms with van der Waals surface area (Å²) in [6.45, 7) is 11.3. The largest absolute Gasteiger partial charge is 0.383 e. The van der Waals surface area contributed by atoms with Crippen LogP contribution in [0.4, 0.5) is 5.82 Å². The number of aromatic nitrogens is 2. The lowest BCUT2D eigenvalue weighted by Crippen LogP contribution is -2.43. The maximum Gasteiger partial charge on any atom is 0.240 e. The summed E-state index contributed by atoms with van der Waals surface area (Å²) in [6, 6.07) is 8.33. The van der Waals surface area contributed by atoms with Gasteiger partial charge in [0.15, 0.2) is 0 Å². The van der Waals surface area contributed by atoms with Crippen LogP contribution in [0.2, 0.25) is 0 Å². The topological polar surface area (TPSA) is 76.5 Å². The van der Waals surface area contributed by atoms with Gasteiger partial charge in [-0.2, -0.15) is 16.4 Å². The summed E-state index contributed by atoms with van der Waals surface area (Å²) >= 11 is 3.24. The quantitative estimate of drug-likeness (QED) is 0.449. The molecule has 192 valence electrons. The predicted molar refractivity (Wildman–Crippen MR) is 148 cm³/mol. The van der Waals surface area contributed by atoms with E-state index in [2.05, 4.69) is 68.9 Å². The summed E-state index contributed by atoms with van der Waals surface area (Å²) in [7, 11) is 1.59. The van der Waals surface area contributed by atoms with E-state index in [1.165, 1.54) is 0 Å². The van der Waals surface area contributed by atoms with Crippen LogP contribution in [0.1, 0.15) is 54.0 Å². The molecule has 1 unspecified atom stereocenters. The zero-order valence-corrected chi connectivity index (χ0v) is 23.4. The van der Waals surface area contributed by atoms with Crippen molar-refractivity contribution in [3.8, 4) is 5.69 Å². The smallest absolute Gasteiger partial charge is 0.240 e. The van der Waals surface area contributed by atoms with Crippen LogP contribution < -0.4 is 10.2 Å². The Bertz CT molecular complexity index is 1240. The Balaban J connectivity index is 1.96. The van der Waals surface area contributed by atoms with Crippen molar-refractivity contribution in [3.05, 3.63) is 63.0 Å². The van der Waals surface area contributed by atoms with Crippen LogP contribution in [-0.4, -0.2) is 54.2 Å². The van der Waals surface area contributed by atoms with Gasteiger partial charge in [-0.3, -0.25) is 14.5 Å². The number of aryl methyl sites for hydroxylation is 2. The fourth-order valence-corrected chi connectivity index (χ4v) is 6.42. The Morgan fingerprint density at radius 1 is 1.25 bits per heavy atom. The van der Waals surface area contributed by atoms with Crippen LogP contribution in [0.3, 0.4) is 0 Å². The molecule has 4 rings (SSSR count). The van der Waals surface area contributed by atoms with Crippen molar-refractivity contribution >= 4 is 40.7 Å². The molecule has 1 aromatic carbocycles. The number of thioether (sulfide) groups is 1. The summed E-state index contributed by atoms with van der Waals surface area (Å²) in [5, 5.41) is 12.2. The van der Waals surface area contributed by atoms with Gasteiger partial charge in [-0.1, -0.05) is 38.5 Å². The highest BCUT2D eigenvalue weighted by Gasteiger charge is 2.40. The van der Waals surface area contributed by atoms with E-state index >= 15 is 0 Å². The molecular weight excluding hydrogens is 492 g/mol. The van der Waals surface area contributed by atoms with Gasteiger partial charge in [0.1, 0.15) is 12.4 Å². The molecule has 0 fully saturated rings. The van der Waals surface area contributed by atoms with Crippen molar-refractivity contribution in [3.63, 3.8) is 0 Å². The van der Waals surface area contributed by atoms with Gasteiger partial charge in [0.05, 0.1) is 29.0 Å². The summed E-state index contributed by atoms with van der Waals surface area (Å²) in [5.41, 5.74) is 5.92. The third-order valence-corrected chi connectivity index (χ3v) is 8.11. The van der Waals surface area contributed by atoms with Crippen molar-refractivity contribution in [2.75, 3.05) is 37.5 Å². The number of nitrogens with zero attached hydrogens (tertiary/aromatic N) is 3. The molecule has 0 saturated carbocycles. The Morgan fingerprint density at radius 2 is 2.03 bits per heavy atom. The number of rotatable bonds is 7. The summed E-state index contributed by atoms with van der Waals surface area (Å²) in [6.07, 6.45) is 0. The average Bonchev–Trinajstić information content (AvgIpc) is 3.44. The van der Waals surface area contributed by atoms with Gasteiger partial charge >= 0.3 is 0 Å². The Morgan fingerprint density at radius 3 is 2.67 bits per heavy atom. The number of nitrogens with one attached hydrogen (secondary N) is 1. The number of hydrogen-bond donors (Lipinski definition) is 1. The second-order valence-corrected chi connectivity index (χ2v) is 12.0. The Hall–Kier alpha value is -2.62. The molecular formula is C27H34N4O3S2. The molecule has 3 heterocycles. The molecule has 0 spiro atoms. The second-order valence-electron chi connectivity index (χ2n) is 10.1. The van der Waals surface area contributed by atoms with Crippen LogP contribution in [0.25, 0.3) is 5.69 Å². The molecule has 1 N–H and O–H groups in total. The van der Waals surface area contributed by atoms with E-state index in [9.17, 15) is 9.59 Å². The molecule has 2 amide bonds. The third-order valence-electron chi connectivity index (χ3n) is 6.16. The minimum absolute atomic E-state index is 0.0644. The van der Waals surface area contributed by atoms with E-state index in [0.29, 0.717) is 19.0 Å². The van der Waals surface area contributed by atoms with Crippen LogP contribution in [-0.2, 0) is 19.7 Å². The van der Waals surface area contributed by atoms with Crippen molar-refractivity contribution in [2.45, 2.75) is 45.3 Å². The first-order chi connectivity index (χ1) is 17.1. The Kier molecular flexibility index (Phi) is 7.92. The zero-order valence-electron chi connectivity index (χ0n) is 21.8. The first-order valence-electron chi connectivity index (χ1n) is 12.0. The van der Waals surface area contributed by atoms with Crippen LogP contribution in [0.5, 0.6) is 0 Å². The number of benzene rings is 1. The molecule has 3 aromatic rings. The lowest BCUT2D eigenvalue weighted by Gasteiger charge is -2.24. The number of methoxy groups -OCH3 is 1. The summed E-state index contributed by atoms with van der Waals surface area (Å²) in [4.78, 5) is 28.2. The lowest BCUT2D eigenvalue weighted by molar-refractivity contribution is -0.123. The van der Waals surface area contributed by atoms with Gasteiger partial charge in [-0.05, 0) is 47.9 Å². The van der Waals surface area contributed by atoms with Crippen molar-refractivity contribution in [2.24, 2.45) is 0 Å². The SMILES string of the molecule is COCCNC(=O)CN1C(=O)CSC(c2ccsc2)c2c(C(C)(C)C)nn(-c3ccc(C)cc3C)c21. The zero-order chi connectivity index (χ0) is 26.0. The minimum Gasteiger partial charge on any atom is -0.383 e. The highest BCUT2D eigenvalue weighted by atomic mass is 32.2. The van der Waals surface area contributed by atoms with Gasteiger partial charge in [0.2, 0.25) is 11.8 Å². The molecule has 0 saturated heterocycles. The van der Waals surface area contributed by atoms with E-state index in [1.807, 2.05) is 10.7 Å². The molecule has 1 aliphatic rings. The number of carbonyl (C=O) groups excluding carboxylic acids is 2. The van der Waals surface area contributed by atoms with Gasteiger partial charge in [0.25, 0.3) is 0 Å². The number of anilines is 1. The van der Waals surface area contributed by atoms with Gasteiger partial charge < -0.3 is 10.1 Å². The maximum absolute atomic E-state index is 13.6. The number of amides is 2. The van der Waals surface area contributed by atoms with E-state index in [1.54, 1.807) is 35.1 Å². The third kappa shape index (κ3) is 5.38. The first-order valence-corrected chi connectivity index (χ1v) is 14.0.